The Bertz CT molecular complexity index is 2040. The number of urea groups is 1. The first-order chi connectivity index (χ1) is 26.3. The van der Waals surface area contributed by atoms with Crippen LogP contribution < -0.4 is 10.6 Å². The van der Waals surface area contributed by atoms with Crippen LogP contribution >= 0.6 is 11.8 Å². The second kappa shape index (κ2) is 18.5. The number of esters is 1. The molecule has 1 heterocycles. The Morgan fingerprint density at radius 3 is 2.24 bits per heavy atom. The minimum atomic E-state index is -0.975. The number of nitrogens with one attached hydrogen (secondary N) is 2. The van der Waals surface area contributed by atoms with E-state index in [0.29, 0.717) is 23.5 Å². The predicted octanol–water partition coefficient (Wildman–Crippen LogP) is 7.47. The van der Waals surface area contributed by atoms with Gasteiger partial charge in [-0.05, 0) is 57.6 Å². The number of carboxylic acids is 1. The molecule has 1 saturated heterocycles. The topological polar surface area (TPSA) is 143 Å². The third-order valence-electron chi connectivity index (χ3n) is 9.10. The molecule has 0 saturated carbocycles. The molecule has 2 amide bonds. The number of amides is 2. The molecule has 0 spiro atoms. The molecule has 0 bridgehead atoms. The molecule has 0 aliphatic carbocycles. The molecule has 0 aromatic heterocycles. The van der Waals surface area contributed by atoms with Gasteiger partial charge in [-0.15, -0.1) is 11.8 Å². The lowest BCUT2D eigenvalue weighted by molar-refractivity contribution is -0.245. The van der Waals surface area contributed by atoms with Gasteiger partial charge in [0.15, 0.2) is 6.29 Å². The summed E-state index contributed by atoms with van der Waals surface area (Å²) >= 11 is 1.44. The highest BCUT2D eigenvalue weighted by molar-refractivity contribution is 7.99. The number of carboxylic acid groups (broad SMARTS) is 1. The second-order valence-corrected chi connectivity index (χ2v) is 13.9. The van der Waals surface area contributed by atoms with Crippen molar-refractivity contribution in [2.75, 3.05) is 12.9 Å². The van der Waals surface area contributed by atoms with Crippen molar-refractivity contribution in [1.82, 2.24) is 10.6 Å². The molecule has 5 aromatic carbocycles. The SMILES string of the molecule is COC(=O)[C@H](Cc1ccccc1)NC(=O)NCc1cccc(-c2cccc([C@@H]3O[C@H](CSc4ccccc4C(=O)O)C[C@H](c4ccc(CO)cc4)O3)c2)c1. The number of ether oxygens (including phenoxy) is 3. The average molecular weight is 747 g/mol. The van der Waals surface area contributed by atoms with Crippen molar-refractivity contribution < 1.29 is 38.8 Å². The van der Waals surface area contributed by atoms with E-state index in [9.17, 15) is 24.6 Å². The Morgan fingerprint density at radius 1 is 0.796 bits per heavy atom. The minimum absolute atomic E-state index is 0.0539. The van der Waals surface area contributed by atoms with Crippen molar-refractivity contribution in [3.05, 3.63) is 161 Å². The zero-order valence-electron chi connectivity index (χ0n) is 29.7. The zero-order valence-corrected chi connectivity index (χ0v) is 30.5. The van der Waals surface area contributed by atoms with Gasteiger partial charge in [-0.2, -0.15) is 0 Å². The van der Waals surface area contributed by atoms with Gasteiger partial charge in [0.05, 0.1) is 31.5 Å². The fourth-order valence-electron chi connectivity index (χ4n) is 6.28. The van der Waals surface area contributed by atoms with Crippen LogP contribution in [0.2, 0.25) is 0 Å². The number of rotatable bonds is 14. The Labute approximate surface area is 318 Å². The van der Waals surface area contributed by atoms with E-state index < -0.39 is 30.3 Å². The Kier molecular flexibility index (Phi) is 13.1. The Hall–Kier alpha value is -5.46. The normalized spacial score (nSPS) is 17.3. The van der Waals surface area contributed by atoms with Crippen LogP contribution in [-0.2, 0) is 38.6 Å². The number of carbonyl (C=O) groups excluding carboxylic acids is 2. The standard InChI is InChI=1S/C43H42N2O8S/c1-51-41(49)37(22-28-9-3-2-4-10-28)45-43(50)44-25-30-11-7-12-32(21-30)33-13-8-14-34(23-33)42-52-35(27-54-39-16-6-5-15-36(39)40(47)48)24-38(53-42)31-19-17-29(26-46)18-20-31/h2-21,23,35,37-38,42,46H,22,24-27H2,1H3,(H,47,48)(H2,44,45,50)/t35-,37-,38+,42+/m0/s1. The van der Waals surface area contributed by atoms with Crippen LogP contribution in [0.3, 0.4) is 0 Å². The van der Waals surface area contributed by atoms with Gasteiger partial charge in [0.2, 0.25) is 0 Å². The fourth-order valence-corrected chi connectivity index (χ4v) is 7.34. The summed E-state index contributed by atoms with van der Waals surface area (Å²) in [6.07, 6.45) is -0.391. The molecule has 278 valence electrons. The molecule has 1 aliphatic heterocycles. The Morgan fingerprint density at radius 2 is 1.50 bits per heavy atom. The molecule has 0 unspecified atom stereocenters. The number of hydrogen-bond acceptors (Lipinski definition) is 8. The summed E-state index contributed by atoms with van der Waals surface area (Å²) in [6.45, 7) is 0.177. The molecule has 4 N–H and O–H groups in total. The van der Waals surface area contributed by atoms with E-state index in [2.05, 4.69) is 10.6 Å². The van der Waals surface area contributed by atoms with Crippen molar-refractivity contribution in [2.24, 2.45) is 0 Å². The van der Waals surface area contributed by atoms with Crippen LogP contribution in [-0.4, -0.2) is 53.2 Å². The first-order valence-electron chi connectivity index (χ1n) is 17.6. The van der Waals surface area contributed by atoms with Crippen molar-refractivity contribution in [3.8, 4) is 11.1 Å². The third-order valence-corrected chi connectivity index (χ3v) is 10.3. The number of methoxy groups -OCH3 is 1. The summed E-state index contributed by atoms with van der Waals surface area (Å²) in [5, 5.41) is 24.9. The number of aromatic carboxylic acids is 1. The highest BCUT2D eigenvalue weighted by Crippen LogP contribution is 2.40. The molecule has 11 heteroatoms. The average Bonchev–Trinajstić information content (AvgIpc) is 3.22. The number of aliphatic hydroxyl groups is 1. The maximum Gasteiger partial charge on any atom is 0.336 e. The number of thioether (sulfide) groups is 1. The van der Waals surface area contributed by atoms with Crippen LogP contribution in [0.1, 0.15) is 57.0 Å². The van der Waals surface area contributed by atoms with Gasteiger partial charge in [-0.3, -0.25) is 0 Å². The van der Waals surface area contributed by atoms with Crippen molar-refractivity contribution >= 4 is 29.7 Å². The number of benzene rings is 5. The van der Waals surface area contributed by atoms with Crippen LogP contribution in [0.4, 0.5) is 4.79 Å². The zero-order chi connectivity index (χ0) is 37.9. The largest absolute Gasteiger partial charge is 0.478 e. The van der Waals surface area contributed by atoms with Gasteiger partial charge in [-0.1, -0.05) is 103 Å². The van der Waals surface area contributed by atoms with E-state index in [1.54, 1.807) is 18.2 Å². The van der Waals surface area contributed by atoms with E-state index in [4.69, 9.17) is 14.2 Å². The van der Waals surface area contributed by atoms with Crippen LogP contribution in [0, 0.1) is 0 Å². The minimum Gasteiger partial charge on any atom is -0.478 e. The van der Waals surface area contributed by atoms with Crippen molar-refractivity contribution in [2.45, 2.75) is 55.4 Å². The molecular weight excluding hydrogens is 705 g/mol. The smallest absolute Gasteiger partial charge is 0.336 e. The third kappa shape index (κ3) is 10.1. The first kappa shape index (κ1) is 38.3. The summed E-state index contributed by atoms with van der Waals surface area (Å²) in [5.74, 6) is -0.984. The Balaban J connectivity index is 1.15. The molecular formula is C43H42N2O8S. The molecule has 10 nitrogen and oxygen atoms in total. The van der Waals surface area contributed by atoms with Crippen molar-refractivity contribution in [3.63, 3.8) is 0 Å². The fraction of sp³-hybridized carbons (Fsp3) is 0.233. The van der Waals surface area contributed by atoms with Crippen LogP contribution in [0.25, 0.3) is 11.1 Å². The van der Waals surface area contributed by atoms with Gasteiger partial charge < -0.3 is 35.1 Å². The van der Waals surface area contributed by atoms with Crippen LogP contribution in [0.15, 0.2) is 132 Å². The van der Waals surface area contributed by atoms with E-state index >= 15 is 0 Å². The maximum absolute atomic E-state index is 12.9. The van der Waals surface area contributed by atoms with E-state index in [0.717, 1.165) is 38.9 Å². The quantitative estimate of drug-likeness (QED) is 0.0673. The summed E-state index contributed by atoms with van der Waals surface area (Å²) in [4.78, 5) is 37.8. The number of aliphatic hydroxyl groups excluding tert-OH is 1. The van der Waals surface area contributed by atoms with Gasteiger partial charge >= 0.3 is 18.0 Å². The molecule has 4 atom stereocenters. The predicted molar refractivity (Wildman–Crippen MR) is 206 cm³/mol. The van der Waals surface area contributed by atoms with Crippen LogP contribution in [0.5, 0.6) is 0 Å². The van der Waals surface area contributed by atoms with Gasteiger partial charge in [0, 0.05) is 35.6 Å². The van der Waals surface area contributed by atoms with Gasteiger partial charge in [-0.25, -0.2) is 14.4 Å². The van der Waals surface area contributed by atoms with E-state index in [1.165, 1.54) is 18.9 Å². The van der Waals surface area contributed by atoms with E-state index in [-0.39, 0.29) is 30.9 Å². The van der Waals surface area contributed by atoms with Gasteiger partial charge in [0.25, 0.3) is 0 Å². The lowest BCUT2D eigenvalue weighted by atomic mass is 9.99. The lowest BCUT2D eigenvalue weighted by Crippen LogP contribution is -2.47. The molecule has 54 heavy (non-hydrogen) atoms. The maximum atomic E-state index is 12.9. The molecule has 1 aliphatic rings. The number of carbonyl (C=O) groups is 3. The summed E-state index contributed by atoms with van der Waals surface area (Å²) in [6, 6.07) is 38.5. The van der Waals surface area contributed by atoms with E-state index in [1.807, 2.05) is 109 Å². The summed E-state index contributed by atoms with van der Waals surface area (Å²) in [5.41, 5.74) is 6.45. The molecule has 5 aromatic rings. The molecule has 1 fully saturated rings. The first-order valence-corrected chi connectivity index (χ1v) is 18.6. The van der Waals surface area contributed by atoms with Crippen molar-refractivity contribution in [1.29, 1.82) is 0 Å². The summed E-state index contributed by atoms with van der Waals surface area (Å²) < 4.78 is 18.0. The highest BCUT2D eigenvalue weighted by Gasteiger charge is 2.33. The van der Waals surface area contributed by atoms with Gasteiger partial charge in [0.1, 0.15) is 6.04 Å². The highest BCUT2D eigenvalue weighted by atomic mass is 32.2. The molecule has 6 rings (SSSR count). The monoisotopic (exact) mass is 746 g/mol. The number of hydrogen-bond donors (Lipinski definition) is 4. The lowest BCUT2D eigenvalue weighted by Gasteiger charge is -2.36. The molecule has 0 radical (unpaired) electrons. The second-order valence-electron chi connectivity index (χ2n) is 12.9. The summed E-state index contributed by atoms with van der Waals surface area (Å²) in [7, 11) is 1.30.